The number of aromatic nitrogens is 2. The molecule has 1 aromatic rings. The molecule has 0 bridgehead atoms. The number of unbranched alkanes of at least 4 members (excludes halogenated alkanes) is 2. The number of halogens is 3. The summed E-state index contributed by atoms with van der Waals surface area (Å²) in [6.07, 6.45) is -0.508. The quantitative estimate of drug-likeness (QED) is 0.770. The van der Waals surface area contributed by atoms with E-state index in [0.29, 0.717) is 25.3 Å². The zero-order valence-corrected chi connectivity index (χ0v) is 13.3. The topological polar surface area (TPSA) is 47.0 Å². The predicted molar refractivity (Wildman–Crippen MR) is 80.0 cm³/mol. The van der Waals surface area contributed by atoms with Crippen LogP contribution < -0.4 is 10.1 Å². The molecule has 2 heterocycles. The van der Waals surface area contributed by atoms with Gasteiger partial charge in [0, 0.05) is 12.5 Å². The highest BCUT2D eigenvalue weighted by atomic mass is 32.1. The van der Waals surface area contributed by atoms with Crippen molar-refractivity contribution in [2.45, 2.75) is 51.2 Å². The maximum Gasteiger partial charge on any atom is 0.389 e. The van der Waals surface area contributed by atoms with Gasteiger partial charge in [0.05, 0.1) is 18.3 Å². The van der Waals surface area contributed by atoms with Crippen LogP contribution in [0.3, 0.4) is 0 Å². The van der Waals surface area contributed by atoms with Gasteiger partial charge in [-0.2, -0.15) is 17.5 Å². The van der Waals surface area contributed by atoms with Gasteiger partial charge < -0.3 is 10.1 Å². The van der Waals surface area contributed by atoms with E-state index in [1.54, 1.807) is 0 Å². The lowest BCUT2D eigenvalue weighted by Crippen LogP contribution is -2.31. The normalized spacial score (nSPS) is 19.1. The Morgan fingerprint density at radius 1 is 1.32 bits per heavy atom. The molecule has 124 valence electrons. The fourth-order valence-electron chi connectivity index (χ4n) is 2.34. The first-order valence-corrected chi connectivity index (χ1v) is 8.16. The van der Waals surface area contributed by atoms with Gasteiger partial charge in [0.2, 0.25) is 0 Å². The summed E-state index contributed by atoms with van der Waals surface area (Å²) in [5, 5.41) is 3.35. The first kappa shape index (κ1) is 17.2. The Morgan fingerprint density at radius 2 is 2.14 bits per heavy atom. The molecule has 1 aliphatic rings. The van der Waals surface area contributed by atoms with E-state index in [9.17, 15) is 13.2 Å². The molecule has 0 saturated carbocycles. The number of nitrogens with zero attached hydrogens (tertiary/aromatic N) is 2. The van der Waals surface area contributed by atoms with Crippen LogP contribution in [0.15, 0.2) is 6.08 Å². The van der Waals surface area contributed by atoms with Crippen LogP contribution in [0.2, 0.25) is 0 Å². The minimum Gasteiger partial charge on any atom is -0.475 e. The average molecular weight is 335 g/mol. The minimum absolute atomic E-state index is 0.140. The van der Waals surface area contributed by atoms with Crippen LogP contribution in [0.1, 0.15) is 44.7 Å². The third kappa shape index (κ3) is 5.24. The molecule has 1 atom stereocenters. The van der Waals surface area contributed by atoms with Gasteiger partial charge in [0.25, 0.3) is 5.88 Å². The standard InChI is InChI=1S/C14H20F3N3OS/c1-10-11(6-5-8-18-10)12-13(20-22-19-12)21-9-4-2-3-7-14(15,16)17/h6,10,18H,2-5,7-9H2,1H3. The Labute approximate surface area is 132 Å². The summed E-state index contributed by atoms with van der Waals surface area (Å²) < 4.78 is 50.1. The minimum atomic E-state index is -4.07. The van der Waals surface area contributed by atoms with Crippen molar-refractivity contribution in [3.05, 3.63) is 11.8 Å². The Morgan fingerprint density at radius 3 is 2.86 bits per heavy atom. The smallest absolute Gasteiger partial charge is 0.389 e. The third-order valence-corrected chi connectivity index (χ3v) is 4.01. The van der Waals surface area contributed by atoms with E-state index in [0.717, 1.165) is 36.0 Å². The molecular weight excluding hydrogens is 315 g/mol. The molecule has 0 radical (unpaired) electrons. The summed E-state index contributed by atoms with van der Waals surface area (Å²) in [7, 11) is 0. The third-order valence-electron chi connectivity index (χ3n) is 3.50. The number of hydrogen-bond acceptors (Lipinski definition) is 5. The molecule has 1 unspecified atom stereocenters. The van der Waals surface area contributed by atoms with E-state index >= 15 is 0 Å². The molecule has 1 aromatic heterocycles. The molecule has 4 nitrogen and oxygen atoms in total. The van der Waals surface area contributed by atoms with Gasteiger partial charge >= 0.3 is 6.18 Å². The number of nitrogens with one attached hydrogen (secondary N) is 1. The van der Waals surface area contributed by atoms with Crippen molar-refractivity contribution in [2.24, 2.45) is 0 Å². The van der Waals surface area contributed by atoms with E-state index in [-0.39, 0.29) is 12.5 Å². The molecule has 0 amide bonds. The number of hydrogen-bond donors (Lipinski definition) is 1. The van der Waals surface area contributed by atoms with Gasteiger partial charge in [-0.25, -0.2) is 0 Å². The zero-order chi connectivity index (χ0) is 16.0. The van der Waals surface area contributed by atoms with E-state index < -0.39 is 12.6 Å². The first-order valence-electron chi connectivity index (χ1n) is 7.43. The van der Waals surface area contributed by atoms with Crippen LogP contribution in [0.4, 0.5) is 13.2 Å². The predicted octanol–water partition coefficient (Wildman–Crippen LogP) is 3.80. The molecule has 0 aliphatic carbocycles. The number of alkyl halides is 3. The monoisotopic (exact) mass is 335 g/mol. The Kier molecular flexibility index (Phi) is 6.19. The molecule has 0 aromatic carbocycles. The van der Waals surface area contributed by atoms with E-state index in [1.165, 1.54) is 0 Å². The highest BCUT2D eigenvalue weighted by Gasteiger charge is 2.26. The van der Waals surface area contributed by atoms with Crippen LogP contribution >= 0.6 is 11.7 Å². The summed E-state index contributed by atoms with van der Waals surface area (Å²) in [6, 6.07) is 0.201. The molecule has 0 fully saturated rings. The SMILES string of the molecule is CC1NCCC=C1c1nsnc1OCCCCCC(F)(F)F. The van der Waals surface area contributed by atoms with Gasteiger partial charge in [-0.1, -0.05) is 6.08 Å². The summed E-state index contributed by atoms with van der Waals surface area (Å²) in [5.41, 5.74) is 1.83. The zero-order valence-electron chi connectivity index (χ0n) is 12.4. The molecule has 22 heavy (non-hydrogen) atoms. The summed E-state index contributed by atoms with van der Waals surface area (Å²) in [4.78, 5) is 0. The van der Waals surface area contributed by atoms with E-state index in [2.05, 4.69) is 27.1 Å². The fraction of sp³-hybridized carbons (Fsp3) is 0.714. The van der Waals surface area contributed by atoms with Crippen LogP contribution in [0, 0.1) is 0 Å². The van der Waals surface area contributed by atoms with Crippen molar-refractivity contribution in [3.8, 4) is 5.88 Å². The van der Waals surface area contributed by atoms with Crippen LogP contribution in [-0.4, -0.2) is 34.1 Å². The molecule has 8 heteroatoms. The Balaban J connectivity index is 1.77. The lowest BCUT2D eigenvalue weighted by molar-refractivity contribution is -0.135. The van der Waals surface area contributed by atoms with Crippen molar-refractivity contribution in [1.29, 1.82) is 0 Å². The van der Waals surface area contributed by atoms with Gasteiger partial charge in [-0.15, -0.1) is 4.37 Å². The lowest BCUT2D eigenvalue weighted by atomic mass is 10.0. The van der Waals surface area contributed by atoms with E-state index in [4.69, 9.17) is 4.74 Å². The largest absolute Gasteiger partial charge is 0.475 e. The van der Waals surface area contributed by atoms with Crippen molar-refractivity contribution >= 4 is 17.3 Å². The van der Waals surface area contributed by atoms with Crippen LogP contribution in [-0.2, 0) is 0 Å². The highest BCUT2D eigenvalue weighted by molar-refractivity contribution is 6.99. The van der Waals surface area contributed by atoms with Crippen molar-refractivity contribution in [1.82, 2.24) is 14.1 Å². The van der Waals surface area contributed by atoms with Crippen LogP contribution in [0.25, 0.3) is 5.57 Å². The second-order valence-corrected chi connectivity index (χ2v) is 5.84. The van der Waals surface area contributed by atoms with Gasteiger partial charge in [-0.3, -0.25) is 0 Å². The van der Waals surface area contributed by atoms with Crippen molar-refractivity contribution < 1.29 is 17.9 Å². The second-order valence-electron chi connectivity index (χ2n) is 5.32. The molecule has 0 spiro atoms. The number of ether oxygens (including phenoxy) is 1. The molecule has 1 aliphatic heterocycles. The summed E-state index contributed by atoms with van der Waals surface area (Å²) in [6.45, 7) is 3.37. The fourth-order valence-corrected chi connectivity index (χ4v) is 2.86. The summed E-state index contributed by atoms with van der Waals surface area (Å²) >= 11 is 1.09. The maximum atomic E-state index is 12.0. The Hall–Kier alpha value is -1.15. The Bertz CT molecular complexity index is 502. The number of rotatable bonds is 7. The molecule has 2 rings (SSSR count). The summed E-state index contributed by atoms with van der Waals surface area (Å²) in [5.74, 6) is 0.489. The van der Waals surface area contributed by atoms with Gasteiger partial charge in [0.1, 0.15) is 5.69 Å². The van der Waals surface area contributed by atoms with Gasteiger partial charge in [0.15, 0.2) is 0 Å². The molecular formula is C14H20F3N3OS. The maximum absolute atomic E-state index is 12.0. The van der Waals surface area contributed by atoms with Crippen LogP contribution in [0.5, 0.6) is 5.88 Å². The van der Waals surface area contributed by atoms with Crippen molar-refractivity contribution in [3.63, 3.8) is 0 Å². The molecule has 1 N–H and O–H groups in total. The second kappa shape index (κ2) is 7.92. The highest BCUT2D eigenvalue weighted by Crippen LogP contribution is 2.28. The van der Waals surface area contributed by atoms with Gasteiger partial charge in [-0.05, 0) is 44.7 Å². The molecule has 0 saturated heterocycles. The van der Waals surface area contributed by atoms with E-state index in [1.807, 2.05) is 0 Å². The first-order chi connectivity index (χ1) is 10.5. The average Bonchev–Trinajstić information content (AvgIpc) is 2.90. The lowest BCUT2D eigenvalue weighted by Gasteiger charge is -2.21. The van der Waals surface area contributed by atoms with Crippen molar-refractivity contribution in [2.75, 3.05) is 13.2 Å².